The fourth-order valence-corrected chi connectivity index (χ4v) is 3.98. The van der Waals surface area contributed by atoms with E-state index in [2.05, 4.69) is 22.1 Å². The van der Waals surface area contributed by atoms with Crippen molar-refractivity contribution < 1.29 is 23.8 Å². The average molecular weight is 418 g/mol. The van der Waals surface area contributed by atoms with Crippen LogP contribution in [0, 0.1) is 5.92 Å². The third kappa shape index (κ3) is 4.38. The van der Waals surface area contributed by atoms with Gasteiger partial charge < -0.3 is 24.5 Å². The average Bonchev–Trinajstić information content (AvgIpc) is 3.09. The van der Waals surface area contributed by atoms with Gasteiger partial charge in [-0.25, -0.2) is 4.79 Å². The number of benzene rings is 1. The number of fused-ring (bicyclic) bond motifs is 1. The van der Waals surface area contributed by atoms with E-state index in [0.29, 0.717) is 34.0 Å². The van der Waals surface area contributed by atoms with E-state index in [4.69, 9.17) is 14.2 Å². The first-order valence-corrected chi connectivity index (χ1v) is 10.4. The van der Waals surface area contributed by atoms with Crippen LogP contribution in [0.15, 0.2) is 12.1 Å². The number of hydrogen-bond acceptors (Lipinski definition) is 6. The molecule has 0 radical (unpaired) electrons. The summed E-state index contributed by atoms with van der Waals surface area (Å²) in [6.45, 7) is 7.85. The zero-order chi connectivity index (χ0) is 21.8. The standard InChI is InChI=1S/C22H31N3O5/c1-6-30-22(27)20-19(15-10-17(28-4)18(29-5)11-16(15)23-20)24-21(26)14(3)25-9-7-8-13(2)12-25/h10-11,13-14,23H,6-9,12H2,1-5H3,(H,24,26)/t13-,14-/m1/s1. The van der Waals surface area contributed by atoms with Crippen molar-refractivity contribution in [3.8, 4) is 11.5 Å². The number of H-pyrrole nitrogens is 1. The zero-order valence-electron chi connectivity index (χ0n) is 18.3. The molecule has 0 aliphatic carbocycles. The van der Waals surface area contributed by atoms with Crippen molar-refractivity contribution in [1.82, 2.24) is 9.88 Å². The van der Waals surface area contributed by atoms with Gasteiger partial charge in [0.1, 0.15) is 5.69 Å². The number of aromatic nitrogens is 1. The molecule has 1 aromatic carbocycles. The maximum Gasteiger partial charge on any atom is 0.356 e. The van der Waals surface area contributed by atoms with Gasteiger partial charge in [0.15, 0.2) is 11.5 Å². The molecule has 1 saturated heterocycles. The SMILES string of the molecule is CCOC(=O)c1[nH]c2cc(OC)c(OC)cc2c1NC(=O)[C@@H](C)N1CCC[C@@H](C)C1. The smallest absolute Gasteiger partial charge is 0.356 e. The van der Waals surface area contributed by atoms with E-state index in [-0.39, 0.29) is 24.2 Å². The fourth-order valence-electron chi connectivity index (χ4n) is 3.98. The largest absolute Gasteiger partial charge is 0.493 e. The highest BCUT2D eigenvalue weighted by atomic mass is 16.5. The predicted octanol–water partition coefficient (Wildman–Crippen LogP) is 3.42. The first kappa shape index (κ1) is 22.0. The lowest BCUT2D eigenvalue weighted by Crippen LogP contribution is -2.46. The van der Waals surface area contributed by atoms with Crippen LogP contribution >= 0.6 is 0 Å². The Labute approximate surface area is 176 Å². The summed E-state index contributed by atoms with van der Waals surface area (Å²) in [4.78, 5) is 30.9. The maximum atomic E-state index is 13.1. The molecule has 1 aliphatic heterocycles. The number of nitrogens with one attached hydrogen (secondary N) is 2. The highest BCUT2D eigenvalue weighted by Crippen LogP contribution is 2.37. The topological polar surface area (TPSA) is 92.9 Å². The minimum Gasteiger partial charge on any atom is -0.493 e. The number of rotatable bonds is 7. The van der Waals surface area contributed by atoms with Crippen molar-refractivity contribution in [3.63, 3.8) is 0 Å². The van der Waals surface area contributed by atoms with Crippen LogP contribution < -0.4 is 14.8 Å². The molecule has 2 atom stereocenters. The lowest BCUT2D eigenvalue weighted by molar-refractivity contribution is -0.121. The molecule has 1 fully saturated rings. The molecule has 2 N–H and O–H groups in total. The molecular formula is C22H31N3O5. The van der Waals surface area contributed by atoms with Gasteiger partial charge in [0.05, 0.1) is 38.1 Å². The van der Waals surface area contributed by atoms with E-state index >= 15 is 0 Å². The Bertz CT molecular complexity index is 923. The lowest BCUT2D eigenvalue weighted by atomic mass is 9.99. The van der Waals surface area contributed by atoms with Crippen molar-refractivity contribution in [2.24, 2.45) is 5.92 Å². The number of carbonyl (C=O) groups is 2. The van der Waals surface area contributed by atoms with Gasteiger partial charge in [-0.1, -0.05) is 6.92 Å². The highest BCUT2D eigenvalue weighted by molar-refractivity contribution is 6.12. The Morgan fingerprint density at radius 3 is 2.60 bits per heavy atom. The van der Waals surface area contributed by atoms with Crippen LogP contribution in [0.5, 0.6) is 11.5 Å². The second kappa shape index (κ2) is 9.38. The number of likely N-dealkylation sites (tertiary alicyclic amines) is 1. The van der Waals surface area contributed by atoms with E-state index in [9.17, 15) is 9.59 Å². The summed E-state index contributed by atoms with van der Waals surface area (Å²) in [5.41, 5.74) is 1.24. The van der Waals surface area contributed by atoms with Gasteiger partial charge in [0.25, 0.3) is 0 Å². The Hall–Kier alpha value is -2.74. The number of methoxy groups -OCH3 is 2. The first-order chi connectivity index (χ1) is 14.4. The summed E-state index contributed by atoms with van der Waals surface area (Å²) in [5, 5.41) is 3.62. The Kier molecular flexibility index (Phi) is 6.87. The third-order valence-electron chi connectivity index (χ3n) is 5.65. The van der Waals surface area contributed by atoms with E-state index in [1.165, 1.54) is 6.42 Å². The van der Waals surface area contributed by atoms with Gasteiger partial charge >= 0.3 is 5.97 Å². The summed E-state index contributed by atoms with van der Waals surface area (Å²) >= 11 is 0. The minimum absolute atomic E-state index is 0.162. The van der Waals surface area contributed by atoms with Crippen molar-refractivity contribution in [2.75, 3.05) is 39.2 Å². The Morgan fingerprint density at radius 1 is 1.27 bits per heavy atom. The van der Waals surface area contributed by atoms with Crippen LogP contribution in [0.2, 0.25) is 0 Å². The van der Waals surface area contributed by atoms with Crippen LogP contribution in [0.4, 0.5) is 5.69 Å². The summed E-state index contributed by atoms with van der Waals surface area (Å²) in [6, 6.07) is 3.17. The second-order valence-corrected chi connectivity index (χ2v) is 7.76. The summed E-state index contributed by atoms with van der Waals surface area (Å²) in [5.74, 6) is 0.906. The number of anilines is 1. The van der Waals surface area contributed by atoms with Crippen molar-refractivity contribution in [2.45, 2.75) is 39.7 Å². The van der Waals surface area contributed by atoms with Crippen molar-refractivity contribution >= 4 is 28.5 Å². The summed E-state index contributed by atoms with van der Waals surface area (Å²) in [6.07, 6.45) is 2.26. The van der Waals surface area contributed by atoms with Gasteiger partial charge in [-0.2, -0.15) is 0 Å². The predicted molar refractivity (Wildman–Crippen MR) is 115 cm³/mol. The molecule has 0 saturated carbocycles. The number of carbonyl (C=O) groups excluding carboxylic acids is 2. The Morgan fingerprint density at radius 2 is 1.97 bits per heavy atom. The van der Waals surface area contributed by atoms with Crippen molar-refractivity contribution in [3.05, 3.63) is 17.8 Å². The molecule has 8 heteroatoms. The maximum absolute atomic E-state index is 13.1. The normalized spacial score (nSPS) is 18.1. The second-order valence-electron chi connectivity index (χ2n) is 7.76. The number of ether oxygens (including phenoxy) is 3. The molecule has 164 valence electrons. The van der Waals surface area contributed by atoms with Crippen molar-refractivity contribution in [1.29, 1.82) is 0 Å². The molecule has 1 aliphatic rings. The molecule has 0 spiro atoms. The fraction of sp³-hybridized carbons (Fsp3) is 0.545. The number of esters is 1. The van der Waals surface area contributed by atoms with Crippen LogP contribution in [0.3, 0.4) is 0 Å². The van der Waals surface area contributed by atoms with Crippen LogP contribution in [0.25, 0.3) is 10.9 Å². The molecule has 30 heavy (non-hydrogen) atoms. The summed E-state index contributed by atoms with van der Waals surface area (Å²) < 4.78 is 15.9. The molecule has 1 amide bonds. The Balaban J connectivity index is 1.98. The number of amides is 1. The van der Waals surface area contributed by atoms with Gasteiger partial charge in [0, 0.05) is 18.0 Å². The van der Waals surface area contributed by atoms with E-state index in [1.54, 1.807) is 33.3 Å². The molecule has 0 unspecified atom stereocenters. The monoisotopic (exact) mass is 417 g/mol. The molecule has 0 bridgehead atoms. The van der Waals surface area contributed by atoms with Crippen LogP contribution in [-0.2, 0) is 9.53 Å². The highest BCUT2D eigenvalue weighted by Gasteiger charge is 2.28. The lowest BCUT2D eigenvalue weighted by Gasteiger charge is -2.34. The van der Waals surface area contributed by atoms with E-state index in [0.717, 1.165) is 19.5 Å². The summed E-state index contributed by atoms with van der Waals surface area (Å²) in [7, 11) is 3.09. The van der Waals surface area contributed by atoms with E-state index < -0.39 is 5.97 Å². The molecule has 1 aromatic heterocycles. The molecule has 3 rings (SSSR count). The van der Waals surface area contributed by atoms with Gasteiger partial charge in [-0.15, -0.1) is 0 Å². The first-order valence-electron chi connectivity index (χ1n) is 10.4. The number of aromatic amines is 1. The third-order valence-corrected chi connectivity index (χ3v) is 5.65. The zero-order valence-corrected chi connectivity index (χ0v) is 18.3. The van der Waals surface area contributed by atoms with Crippen LogP contribution in [-0.4, -0.2) is 61.7 Å². The number of piperidine rings is 1. The molecule has 2 heterocycles. The van der Waals surface area contributed by atoms with Gasteiger partial charge in [-0.3, -0.25) is 9.69 Å². The van der Waals surface area contributed by atoms with Crippen LogP contribution in [0.1, 0.15) is 44.1 Å². The molecule has 8 nitrogen and oxygen atoms in total. The van der Waals surface area contributed by atoms with Gasteiger partial charge in [0.2, 0.25) is 5.91 Å². The van der Waals surface area contributed by atoms with E-state index in [1.807, 2.05) is 6.92 Å². The number of hydrogen-bond donors (Lipinski definition) is 2. The molecular weight excluding hydrogens is 386 g/mol. The number of nitrogens with zero attached hydrogens (tertiary/aromatic N) is 1. The molecule has 2 aromatic rings. The minimum atomic E-state index is -0.527. The van der Waals surface area contributed by atoms with Gasteiger partial charge in [-0.05, 0) is 45.2 Å². The quantitative estimate of drug-likeness (QED) is 0.671.